The number of halogens is 2. The first-order valence-electron chi connectivity index (χ1n) is 5.39. The van der Waals surface area contributed by atoms with Gasteiger partial charge in [-0.1, -0.05) is 32.4 Å². The SMILES string of the molecule is CC(C)(C)[Si](C)(C)OCC/C(Cl)=C(/I)CO. The fourth-order valence-electron chi connectivity index (χ4n) is 0.834. The molecule has 0 aromatic carbocycles. The van der Waals surface area contributed by atoms with Crippen LogP contribution in [0.15, 0.2) is 8.61 Å². The van der Waals surface area contributed by atoms with Crippen molar-refractivity contribution in [3.63, 3.8) is 0 Å². The summed E-state index contributed by atoms with van der Waals surface area (Å²) >= 11 is 8.08. The van der Waals surface area contributed by atoms with Crippen LogP contribution in [0, 0.1) is 0 Å². The Morgan fingerprint density at radius 1 is 1.38 bits per heavy atom. The highest BCUT2D eigenvalue weighted by molar-refractivity contribution is 14.1. The average Bonchev–Trinajstić information content (AvgIpc) is 2.14. The molecule has 1 N–H and O–H groups in total. The Kier molecular flexibility index (Phi) is 7.11. The predicted octanol–water partition coefficient (Wildman–Crippen LogP) is 4.28. The van der Waals surface area contributed by atoms with Crippen molar-refractivity contribution < 1.29 is 9.53 Å². The van der Waals surface area contributed by atoms with Crippen LogP contribution in [0.1, 0.15) is 27.2 Å². The molecule has 0 unspecified atom stereocenters. The molecule has 0 rings (SSSR count). The van der Waals surface area contributed by atoms with Gasteiger partial charge in [0.1, 0.15) is 0 Å². The van der Waals surface area contributed by atoms with E-state index in [4.69, 9.17) is 21.1 Å². The standard InChI is InChI=1S/C11H22ClIO2Si/c1-11(2,3)16(4,5)15-7-6-9(12)10(13)8-14/h14H,6-8H2,1-5H3/b10-9-. The average molecular weight is 377 g/mol. The van der Waals surface area contributed by atoms with Crippen LogP contribution >= 0.6 is 34.2 Å². The van der Waals surface area contributed by atoms with Crippen molar-refractivity contribution in [2.75, 3.05) is 13.2 Å². The lowest BCUT2D eigenvalue weighted by Crippen LogP contribution is -2.40. The summed E-state index contributed by atoms with van der Waals surface area (Å²) in [6.45, 7) is 11.8. The van der Waals surface area contributed by atoms with Crippen LogP contribution < -0.4 is 0 Å². The van der Waals surface area contributed by atoms with E-state index in [0.29, 0.717) is 18.1 Å². The molecule has 0 saturated heterocycles. The summed E-state index contributed by atoms with van der Waals surface area (Å²) in [5.74, 6) is 0. The molecule has 0 aliphatic heterocycles. The first-order valence-corrected chi connectivity index (χ1v) is 9.76. The molecule has 0 aromatic rings. The molecule has 0 aliphatic carbocycles. The molecule has 0 fully saturated rings. The van der Waals surface area contributed by atoms with E-state index in [1.54, 1.807) is 0 Å². The topological polar surface area (TPSA) is 29.5 Å². The lowest BCUT2D eigenvalue weighted by atomic mass is 10.2. The van der Waals surface area contributed by atoms with Crippen molar-refractivity contribution in [3.8, 4) is 0 Å². The summed E-state index contributed by atoms with van der Waals surface area (Å²) < 4.78 is 6.80. The van der Waals surface area contributed by atoms with Crippen molar-refractivity contribution in [3.05, 3.63) is 8.61 Å². The summed E-state index contributed by atoms with van der Waals surface area (Å²) in [6, 6.07) is 0. The van der Waals surface area contributed by atoms with Gasteiger partial charge >= 0.3 is 0 Å². The first kappa shape index (κ1) is 16.9. The van der Waals surface area contributed by atoms with Crippen LogP contribution in [0.25, 0.3) is 0 Å². The van der Waals surface area contributed by atoms with Crippen molar-refractivity contribution in [1.29, 1.82) is 0 Å². The van der Waals surface area contributed by atoms with Gasteiger partial charge in [-0.2, -0.15) is 0 Å². The second kappa shape index (κ2) is 6.73. The van der Waals surface area contributed by atoms with Crippen molar-refractivity contribution in [2.45, 2.75) is 45.3 Å². The highest BCUT2D eigenvalue weighted by atomic mass is 127. The van der Waals surface area contributed by atoms with Gasteiger partial charge in [0, 0.05) is 21.6 Å². The molecule has 2 nitrogen and oxygen atoms in total. The van der Waals surface area contributed by atoms with E-state index < -0.39 is 8.32 Å². The van der Waals surface area contributed by atoms with Crippen LogP contribution in [0.4, 0.5) is 0 Å². The molecule has 16 heavy (non-hydrogen) atoms. The number of rotatable bonds is 5. The van der Waals surface area contributed by atoms with Crippen molar-refractivity contribution in [1.82, 2.24) is 0 Å². The van der Waals surface area contributed by atoms with E-state index in [1.165, 1.54) is 0 Å². The predicted molar refractivity (Wildman–Crippen MR) is 81.8 cm³/mol. The van der Waals surface area contributed by atoms with Crippen molar-refractivity contribution >= 4 is 42.5 Å². The molecular weight excluding hydrogens is 355 g/mol. The molecule has 5 heteroatoms. The summed E-state index contributed by atoms with van der Waals surface area (Å²) in [5, 5.41) is 9.85. The largest absolute Gasteiger partial charge is 0.416 e. The highest BCUT2D eigenvalue weighted by Crippen LogP contribution is 2.36. The molecule has 0 aliphatic rings. The second-order valence-electron chi connectivity index (χ2n) is 5.33. The lowest BCUT2D eigenvalue weighted by Gasteiger charge is -2.36. The summed E-state index contributed by atoms with van der Waals surface area (Å²) in [5.41, 5.74) is 0. The first-order chi connectivity index (χ1) is 7.12. The Labute approximate surface area is 119 Å². The fraction of sp³-hybridized carbons (Fsp3) is 0.818. The quantitative estimate of drug-likeness (QED) is 0.573. The maximum Gasteiger partial charge on any atom is 0.191 e. The van der Waals surface area contributed by atoms with Gasteiger partial charge in [0.15, 0.2) is 8.32 Å². The molecule has 0 aromatic heterocycles. The number of hydrogen-bond acceptors (Lipinski definition) is 2. The van der Waals surface area contributed by atoms with Gasteiger partial charge in [-0.15, -0.1) is 0 Å². The van der Waals surface area contributed by atoms with Gasteiger partial charge in [0.2, 0.25) is 0 Å². The molecule has 0 bridgehead atoms. The minimum absolute atomic E-state index is 0.0134. The van der Waals surface area contributed by atoms with Gasteiger partial charge < -0.3 is 9.53 Å². The van der Waals surface area contributed by atoms with Gasteiger partial charge in [0.25, 0.3) is 0 Å². The van der Waals surface area contributed by atoms with Gasteiger partial charge in [0.05, 0.1) is 6.61 Å². The van der Waals surface area contributed by atoms with E-state index in [1.807, 2.05) is 0 Å². The minimum Gasteiger partial charge on any atom is -0.416 e. The smallest absolute Gasteiger partial charge is 0.191 e. The molecule has 0 heterocycles. The normalized spacial score (nSPS) is 15.0. The Hall–Kier alpha value is 0.897. The third-order valence-corrected chi connectivity index (χ3v) is 9.29. The van der Waals surface area contributed by atoms with Crippen LogP contribution in [0.2, 0.25) is 18.1 Å². The Bertz CT molecular complexity index is 259. The molecule has 0 radical (unpaired) electrons. The Balaban J connectivity index is 4.19. The molecule has 0 amide bonds. The van der Waals surface area contributed by atoms with E-state index >= 15 is 0 Å². The maximum absolute atomic E-state index is 8.91. The highest BCUT2D eigenvalue weighted by Gasteiger charge is 2.36. The molecule has 0 saturated carbocycles. The molecule has 0 spiro atoms. The van der Waals surface area contributed by atoms with Crippen LogP contribution in [0.3, 0.4) is 0 Å². The summed E-state index contributed by atoms with van der Waals surface area (Å²) in [6.07, 6.45) is 0.687. The molecule has 96 valence electrons. The third-order valence-electron chi connectivity index (χ3n) is 3.02. The Morgan fingerprint density at radius 2 is 1.88 bits per heavy atom. The number of aliphatic hydroxyl groups excluding tert-OH is 1. The Morgan fingerprint density at radius 3 is 2.25 bits per heavy atom. The van der Waals surface area contributed by atoms with Crippen LogP contribution in [-0.2, 0) is 4.43 Å². The van der Waals surface area contributed by atoms with E-state index in [2.05, 4.69) is 56.5 Å². The maximum atomic E-state index is 8.91. The summed E-state index contributed by atoms with van der Waals surface area (Å²) in [4.78, 5) is 0. The van der Waals surface area contributed by atoms with Gasteiger partial charge in [-0.3, -0.25) is 0 Å². The number of hydrogen-bond donors (Lipinski definition) is 1. The lowest BCUT2D eigenvalue weighted by molar-refractivity contribution is 0.292. The van der Waals surface area contributed by atoms with E-state index in [9.17, 15) is 0 Å². The summed E-state index contributed by atoms with van der Waals surface area (Å²) in [7, 11) is -1.66. The molecular formula is C11H22ClIO2Si. The molecule has 0 atom stereocenters. The van der Waals surface area contributed by atoms with E-state index in [0.717, 1.165) is 3.58 Å². The number of aliphatic hydroxyl groups is 1. The third kappa shape index (κ3) is 5.49. The fourth-order valence-corrected chi connectivity index (χ4v) is 2.29. The van der Waals surface area contributed by atoms with Crippen molar-refractivity contribution in [2.24, 2.45) is 0 Å². The van der Waals surface area contributed by atoms with E-state index in [-0.39, 0.29) is 11.6 Å². The second-order valence-corrected chi connectivity index (χ2v) is 11.9. The van der Waals surface area contributed by atoms with Gasteiger partial charge in [-0.05, 0) is 40.7 Å². The zero-order valence-electron chi connectivity index (χ0n) is 10.7. The monoisotopic (exact) mass is 376 g/mol. The van der Waals surface area contributed by atoms with Crippen LogP contribution in [0.5, 0.6) is 0 Å². The zero-order valence-corrected chi connectivity index (χ0v) is 14.6. The minimum atomic E-state index is -1.66. The van der Waals surface area contributed by atoms with Crippen LogP contribution in [-0.4, -0.2) is 26.6 Å². The van der Waals surface area contributed by atoms with Gasteiger partial charge in [-0.25, -0.2) is 0 Å². The zero-order chi connectivity index (χ0) is 13.0.